The fourth-order valence-corrected chi connectivity index (χ4v) is 4.20. The lowest BCUT2D eigenvalue weighted by Crippen LogP contribution is -2.50. The molecule has 2 aliphatic rings. The van der Waals surface area contributed by atoms with Crippen molar-refractivity contribution in [2.45, 2.75) is 45.7 Å². The predicted molar refractivity (Wildman–Crippen MR) is 93.9 cm³/mol. The molecule has 0 bridgehead atoms. The van der Waals surface area contributed by atoms with Crippen LogP contribution in [0.1, 0.15) is 48.6 Å². The van der Waals surface area contributed by atoms with Crippen LogP contribution in [0.25, 0.3) is 0 Å². The molecule has 0 aromatic carbocycles. The normalized spacial score (nSPS) is 21.1. The van der Waals surface area contributed by atoms with Crippen LogP contribution in [0.15, 0.2) is 5.38 Å². The standard InChI is InChI=1S/C17H28N4OS/c1-14(2)20-8-10-21(11-9-20)17(22)15-13-23-16(18-15)12-19-6-4-3-5-7-19/h13-14H,3-12H2,1-2H3. The molecule has 2 fully saturated rings. The Labute approximate surface area is 143 Å². The van der Waals surface area contributed by atoms with Gasteiger partial charge in [-0.3, -0.25) is 14.6 Å². The first-order chi connectivity index (χ1) is 11.1. The van der Waals surface area contributed by atoms with Gasteiger partial charge in [0.15, 0.2) is 0 Å². The smallest absolute Gasteiger partial charge is 0.273 e. The number of nitrogens with zero attached hydrogens (tertiary/aromatic N) is 4. The van der Waals surface area contributed by atoms with Gasteiger partial charge in [0.1, 0.15) is 10.7 Å². The molecule has 3 heterocycles. The summed E-state index contributed by atoms with van der Waals surface area (Å²) < 4.78 is 0. The van der Waals surface area contributed by atoms with Gasteiger partial charge in [-0.05, 0) is 39.8 Å². The molecule has 0 radical (unpaired) electrons. The lowest BCUT2D eigenvalue weighted by atomic mass is 10.1. The number of carbonyl (C=O) groups excluding carboxylic acids is 1. The van der Waals surface area contributed by atoms with E-state index in [4.69, 9.17) is 0 Å². The molecule has 0 unspecified atom stereocenters. The Hall–Kier alpha value is -0.980. The molecule has 0 aliphatic carbocycles. The molecule has 1 aromatic heterocycles. The maximum Gasteiger partial charge on any atom is 0.273 e. The number of aromatic nitrogens is 1. The minimum Gasteiger partial charge on any atom is -0.335 e. The number of rotatable bonds is 4. The van der Waals surface area contributed by atoms with Gasteiger partial charge < -0.3 is 4.90 Å². The molecule has 6 heteroatoms. The van der Waals surface area contributed by atoms with Crippen LogP contribution in [0.5, 0.6) is 0 Å². The highest BCUT2D eigenvalue weighted by Crippen LogP contribution is 2.18. The summed E-state index contributed by atoms with van der Waals surface area (Å²) in [4.78, 5) is 24.1. The van der Waals surface area contributed by atoms with Crippen LogP contribution in [0.3, 0.4) is 0 Å². The van der Waals surface area contributed by atoms with Crippen molar-refractivity contribution in [1.29, 1.82) is 0 Å². The van der Waals surface area contributed by atoms with E-state index in [0.717, 1.165) is 37.7 Å². The number of amides is 1. The third kappa shape index (κ3) is 4.31. The Morgan fingerprint density at radius 2 is 1.83 bits per heavy atom. The summed E-state index contributed by atoms with van der Waals surface area (Å²) in [6.45, 7) is 11.2. The van der Waals surface area contributed by atoms with E-state index in [1.54, 1.807) is 11.3 Å². The summed E-state index contributed by atoms with van der Waals surface area (Å²) in [5.74, 6) is 0.106. The molecule has 0 saturated carbocycles. The first-order valence-electron chi connectivity index (χ1n) is 8.83. The first kappa shape index (κ1) is 16.9. The number of hydrogen-bond acceptors (Lipinski definition) is 5. The van der Waals surface area contributed by atoms with Crippen molar-refractivity contribution < 1.29 is 4.79 Å². The fourth-order valence-electron chi connectivity index (χ4n) is 3.39. The zero-order chi connectivity index (χ0) is 16.2. The summed E-state index contributed by atoms with van der Waals surface area (Å²) in [5.41, 5.74) is 0.639. The Balaban J connectivity index is 1.54. The topological polar surface area (TPSA) is 39.7 Å². The second-order valence-corrected chi connectivity index (χ2v) is 7.83. The van der Waals surface area contributed by atoms with Crippen LogP contribution < -0.4 is 0 Å². The number of piperidine rings is 1. The molecule has 5 nitrogen and oxygen atoms in total. The van der Waals surface area contributed by atoms with Gasteiger partial charge in [-0.25, -0.2) is 4.98 Å². The van der Waals surface area contributed by atoms with Crippen LogP contribution >= 0.6 is 11.3 Å². The monoisotopic (exact) mass is 336 g/mol. The van der Waals surface area contributed by atoms with Gasteiger partial charge in [-0.2, -0.15) is 0 Å². The highest BCUT2D eigenvalue weighted by Gasteiger charge is 2.25. The maximum atomic E-state index is 12.6. The minimum absolute atomic E-state index is 0.106. The number of hydrogen-bond donors (Lipinski definition) is 0. The van der Waals surface area contributed by atoms with Gasteiger partial charge in [-0.1, -0.05) is 6.42 Å². The summed E-state index contributed by atoms with van der Waals surface area (Å²) in [6, 6.07) is 0.558. The molecular weight excluding hydrogens is 308 g/mol. The van der Waals surface area contributed by atoms with Crippen molar-refractivity contribution in [2.24, 2.45) is 0 Å². The predicted octanol–water partition coefficient (Wildman–Crippen LogP) is 2.30. The van der Waals surface area contributed by atoms with Crippen molar-refractivity contribution in [3.8, 4) is 0 Å². The molecule has 2 aliphatic heterocycles. The van der Waals surface area contributed by atoms with Crippen LogP contribution in [0.4, 0.5) is 0 Å². The zero-order valence-electron chi connectivity index (χ0n) is 14.3. The lowest BCUT2D eigenvalue weighted by molar-refractivity contribution is 0.0590. The summed E-state index contributed by atoms with van der Waals surface area (Å²) in [7, 11) is 0. The Morgan fingerprint density at radius 1 is 1.13 bits per heavy atom. The molecule has 0 N–H and O–H groups in total. The van der Waals surface area contributed by atoms with E-state index in [2.05, 4.69) is 28.6 Å². The molecule has 1 amide bonds. The average molecular weight is 337 g/mol. The highest BCUT2D eigenvalue weighted by atomic mass is 32.1. The molecule has 128 valence electrons. The Kier molecular flexibility index (Phi) is 5.67. The molecule has 0 spiro atoms. The van der Waals surface area contributed by atoms with Gasteiger partial charge in [0.2, 0.25) is 0 Å². The molecule has 0 atom stereocenters. The highest BCUT2D eigenvalue weighted by molar-refractivity contribution is 7.09. The number of likely N-dealkylation sites (tertiary alicyclic amines) is 1. The van der Waals surface area contributed by atoms with Crippen LogP contribution in [-0.4, -0.2) is 70.9 Å². The largest absolute Gasteiger partial charge is 0.335 e. The SMILES string of the molecule is CC(C)N1CCN(C(=O)c2csc(CN3CCCCC3)n2)CC1. The van der Waals surface area contributed by atoms with E-state index in [9.17, 15) is 4.79 Å². The second-order valence-electron chi connectivity index (χ2n) is 6.89. The van der Waals surface area contributed by atoms with Crippen molar-refractivity contribution >= 4 is 17.2 Å². The van der Waals surface area contributed by atoms with Crippen molar-refractivity contribution in [3.63, 3.8) is 0 Å². The third-order valence-electron chi connectivity index (χ3n) is 4.91. The van der Waals surface area contributed by atoms with Gasteiger partial charge in [0, 0.05) is 37.6 Å². The maximum absolute atomic E-state index is 12.6. The van der Waals surface area contributed by atoms with Gasteiger partial charge >= 0.3 is 0 Å². The number of carbonyl (C=O) groups is 1. The lowest BCUT2D eigenvalue weighted by Gasteiger charge is -2.36. The van der Waals surface area contributed by atoms with E-state index in [0.29, 0.717) is 11.7 Å². The van der Waals surface area contributed by atoms with Gasteiger partial charge in [0.25, 0.3) is 5.91 Å². The van der Waals surface area contributed by atoms with E-state index in [-0.39, 0.29) is 5.91 Å². The van der Waals surface area contributed by atoms with Crippen LogP contribution in [0.2, 0.25) is 0 Å². The first-order valence-corrected chi connectivity index (χ1v) is 9.71. The number of piperazine rings is 1. The quantitative estimate of drug-likeness (QED) is 0.846. The average Bonchev–Trinajstić information content (AvgIpc) is 3.03. The van der Waals surface area contributed by atoms with E-state index in [1.807, 2.05) is 10.3 Å². The van der Waals surface area contributed by atoms with Crippen molar-refractivity contribution in [3.05, 3.63) is 16.1 Å². The van der Waals surface area contributed by atoms with E-state index in [1.165, 1.54) is 32.4 Å². The summed E-state index contributed by atoms with van der Waals surface area (Å²) in [5, 5.41) is 3.02. The Morgan fingerprint density at radius 3 is 2.48 bits per heavy atom. The molecule has 3 rings (SSSR count). The summed E-state index contributed by atoms with van der Waals surface area (Å²) >= 11 is 1.63. The fraction of sp³-hybridized carbons (Fsp3) is 0.765. The van der Waals surface area contributed by atoms with Crippen molar-refractivity contribution in [1.82, 2.24) is 19.7 Å². The minimum atomic E-state index is 0.106. The number of thiazole rings is 1. The zero-order valence-corrected chi connectivity index (χ0v) is 15.1. The second kappa shape index (κ2) is 7.73. The van der Waals surface area contributed by atoms with Gasteiger partial charge in [0.05, 0.1) is 6.54 Å². The van der Waals surface area contributed by atoms with Crippen LogP contribution in [-0.2, 0) is 6.54 Å². The molecule has 23 heavy (non-hydrogen) atoms. The van der Waals surface area contributed by atoms with Crippen molar-refractivity contribution in [2.75, 3.05) is 39.3 Å². The van der Waals surface area contributed by atoms with E-state index < -0.39 is 0 Å². The van der Waals surface area contributed by atoms with E-state index >= 15 is 0 Å². The molecule has 1 aromatic rings. The Bertz CT molecular complexity index is 516. The third-order valence-corrected chi connectivity index (χ3v) is 5.74. The van der Waals surface area contributed by atoms with Gasteiger partial charge in [-0.15, -0.1) is 11.3 Å². The summed E-state index contributed by atoms with van der Waals surface area (Å²) in [6.07, 6.45) is 3.93. The molecular formula is C17H28N4OS. The van der Waals surface area contributed by atoms with Crippen LogP contribution in [0, 0.1) is 0 Å². The molecule has 2 saturated heterocycles.